The van der Waals surface area contributed by atoms with E-state index in [-0.39, 0.29) is 0 Å². The van der Waals surface area contributed by atoms with Crippen molar-refractivity contribution < 1.29 is 9.47 Å². The predicted octanol–water partition coefficient (Wildman–Crippen LogP) is 3.25. The van der Waals surface area contributed by atoms with Gasteiger partial charge in [-0.05, 0) is 43.4 Å². The molecule has 16 heavy (non-hydrogen) atoms. The Morgan fingerprint density at radius 3 is 2.50 bits per heavy atom. The van der Waals surface area contributed by atoms with E-state index < -0.39 is 0 Å². The van der Waals surface area contributed by atoms with Gasteiger partial charge in [-0.15, -0.1) is 0 Å². The lowest BCUT2D eigenvalue weighted by atomic mass is 9.88. The summed E-state index contributed by atoms with van der Waals surface area (Å²) in [6.45, 7) is 8.84. The summed E-state index contributed by atoms with van der Waals surface area (Å²) in [6, 6.07) is 0. The molecule has 0 aromatic carbocycles. The van der Waals surface area contributed by atoms with Crippen LogP contribution in [0.15, 0.2) is 0 Å². The zero-order valence-electron chi connectivity index (χ0n) is 10.9. The Hall–Kier alpha value is -0.0800. The van der Waals surface area contributed by atoms with Crippen molar-refractivity contribution in [3.05, 3.63) is 0 Å². The highest BCUT2D eigenvalue weighted by molar-refractivity contribution is 4.80. The molecule has 0 amide bonds. The SMILES string of the molecule is CC(C)C1CCC(CC(C)C2CCOC2)O1. The summed E-state index contributed by atoms with van der Waals surface area (Å²) in [4.78, 5) is 0. The van der Waals surface area contributed by atoms with E-state index in [1.165, 1.54) is 25.7 Å². The van der Waals surface area contributed by atoms with Gasteiger partial charge < -0.3 is 9.47 Å². The van der Waals surface area contributed by atoms with Crippen LogP contribution in [-0.2, 0) is 9.47 Å². The van der Waals surface area contributed by atoms with Crippen LogP contribution < -0.4 is 0 Å². The zero-order chi connectivity index (χ0) is 11.5. The van der Waals surface area contributed by atoms with E-state index in [0.29, 0.717) is 18.1 Å². The van der Waals surface area contributed by atoms with Gasteiger partial charge >= 0.3 is 0 Å². The van der Waals surface area contributed by atoms with E-state index >= 15 is 0 Å². The molecule has 2 heterocycles. The molecule has 2 heteroatoms. The molecule has 0 bridgehead atoms. The molecular weight excluding hydrogens is 200 g/mol. The Labute approximate surface area is 99.7 Å². The molecule has 0 radical (unpaired) electrons. The standard InChI is InChI=1S/C14H26O2/c1-10(2)14-5-4-13(16-14)8-11(3)12-6-7-15-9-12/h10-14H,4-9H2,1-3H3. The van der Waals surface area contributed by atoms with Gasteiger partial charge in [0.25, 0.3) is 0 Å². The maximum atomic E-state index is 6.11. The molecular formula is C14H26O2. The average Bonchev–Trinajstić information content (AvgIpc) is 2.87. The first-order valence-electron chi connectivity index (χ1n) is 6.90. The third-order valence-electron chi connectivity index (χ3n) is 4.29. The zero-order valence-corrected chi connectivity index (χ0v) is 10.9. The molecule has 2 fully saturated rings. The Morgan fingerprint density at radius 2 is 1.94 bits per heavy atom. The summed E-state index contributed by atoms with van der Waals surface area (Å²) in [5.41, 5.74) is 0. The molecule has 2 saturated heterocycles. The number of ether oxygens (including phenoxy) is 2. The Balaban J connectivity index is 1.73. The molecule has 0 N–H and O–H groups in total. The van der Waals surface area contributed by atoms with Gasteiger partial charge in [0.15, 0.2) is 0 Å². The van der Waals surface area contributed by atoms with Gasteiger partial charge in [-0.25, -0.2) is 0 Å². The predicted molar refractivity (Wildman–Crippen MR) is 65.4 cm³/mol. The van der Waals surface area contributed by atoms with Crippen LogP contribution in [0.2, 0.25) is 0 Å². The van der Waals surface area contributed by atoms with Gasteiger partial charge in [0.05, 0.1) is 12.2 Å². The summed E-state index contributed by atoms with van der Waals surface area (Å²) < 4.78 is 11.6. The fourth-order valence-electron chi connectivity index (χ4n) is 3.01. The fourth-order valence-corrected chi connectivity index (χ4v) is 3.01. The van der Waals surface area contributed by atoms with Gasteiger partial charge in [0.2, 0.25) is 0 Å². The molecule has 4 atom stereocenters. The topological polar surface area (TPSA) is 18.5 Å². The molecule has 2 aliphatic rings. The van der Waals surface area contributed by atoms with Crippen LogP contribution in [0.1, 0.15) is 46.5 Å². The van der Waals surface area contributed by atoms with Crippen molar-refractivity contribution in [1.82, 2.24) is 0 Å². The second kappa shape index (κ2) is 5.50. The molecule has 0 aliphatic carbocycles. The molecule has 2 aliphatic heterocycles. The molecule has 0 spiro atoms. The Kier molecular flexibility index (Phi) is 4.26. The van der Waals surface area contributed by atoms with Crippen molar-refractivity contribution in [1.29, 1.82) is 0 Å². The van der Waals surface area contributed by atoms with Gasteiger partial charge in [0.1, 0.15) is 0 Å². The first kappa shape index (κ1) is 12.4. The van der Waals surface area contributed by atoms with Gasteiger partial charge in [-0.2, -0.15) is 0 Å². The molecule has 94 valence electrons. The molecule has 0 aromatic rings. The second-order valence-electron chi connectivity index (χ2n) is 5.95. The lowest BCUT2D eigenvalue weighted by Crippen LogP contribution is -2.21. The smallest absolute Gasteiger partial charge is 0.0602 e. The third kappa shape index (κ3) is 2.98. The molecule has 0 saturated carbocycles. The van der Waals surface area contributed by atoms with Crippen LogP contribution in [0.3, 0.4) is 0 Å². The maximum Gasteiger partial charge on any atom is 0.0602 e. The largest absolute Gasteiger partial charge is 0.381 e. The normalized spacial score (nSPS) is 37.1. The minimum absolute atomic E-state index is 0.511. The number of hydrogen-bond acceptors (Lipinski definition) is 2. The molecule has 2 nitrogen and oxygen atoms in total. The Bertz CT molecular complexity index is 209. The Morgan fingerprint density at radius 1 is 1.12 bits per heavy atom. The van der Waals surface area contributed by atoms with Crippen LogP contribution >= 0.6 is 0 Å². The van der Waals surface area contributed by atoms with Crippen LogP contribution in [-0.4, -0.2) is 25.4 Å². The van der Waals surface area contributed by atoms with Gasteiger partial charge in [-0.1, -0.05) is 20.8 Å². The van der Waals surface area contributed by atoms with Crippen LogP contribution in [0.5, 0.6) is 0 Å². The minimum atomic E-state index is 0.511. The maximum absolute atomic E-state index is 6.11. The molecule has 2 rings (SSSR count). The van der Waals surface area contributed by atoms with E-state index in [2.05, 4.69) is 20.8 Å². The quantitative estimate of drug-likeness (QED) is 0.732. The average molecular weight is 226 g/mol. The highest BCUT2D eigenvalue weighted by atomic mass is 16.5. The highest BCUT2D eigenvalue weighted by Crippen LogP contribution is 2.32. The minimum Gasteiger partial charge on any atom is -0.381 e. The summed E-state index contributed by atoms with van der Waals surface area (Å²) >= 11 is 0. The monoisotopic (exact) mass is 226 g/mol. The van der Waals surface area contributed by atoms with Gasteiger partial charge in [0, 0.05) is 13.2 Å². The van der Waals surface area contributed by atoms with Crippen molar-refractivity contribution in [3.63, 3.8) is 0 Å². The van der Waals surface area contributed by atoms with Crippen molar-refractivity contribution >= 4 is 0 Å². The number of rotatable bonds is 4. The van der Waals surface area contributed by atoms with E-state index in [4.69, 9.17) is 9.47 Å². The second-order valence-corrected chi connectivity index (χ2v) is 5.95. The summed E-state index contributed by atoms with van der Waals surface area (Å²) in [7, 11) is 0. The van der Waals surface area contributed by atoms with E-state index in [1.807, 2.05) is 0 Å². The van der Waals surface area contributed by atoms with Crippen LogP contribution in [0, 0.1) is 17.8 Å². The summed E-state index contributed by atoms with van der Waals surface area (Å²) in [6.07, 6.45) is 6.04. The lowest BCUT2D eigenvalue weighted by Gasteiger charge is -2.22. The summed E-state index contributed by atoms with van der Waals surface area (Å²) in [5.74, 6) is 2.22. The first-order chi connectivity index (χ1) is 7.66. The van der Waals surface area contributed by atoms with Crippen molar-refractivity contribution in [2.45, 2.75) is 58.7 Å². The first-order valence-corrected chi connectivity index (χ1v) is 6.90. The number of hydrogen-bond donors (Lipinski definition) is 0. The molecule has 0 aromatic heterocycles. The van der Waals surface area contributed by atoms with Crippen molar-refractivity contribution in [2.75, 3.05) is 13.2 Å². The van der Waals surface area contributed by atoms with Crippen molar-refractivity contribution in [2.24, 2.45) is 17.8 Å². The van der Waals surface area contributed by atoms with Crippen LogP contribution in [0.25, 0.3) is 0 Å². The van der Waals surface area contributed by atoms with E-state index in [1.54, 1.807) is 0 Å². The third-order valence-corrected chi connectivity index (χ3v) is 4.29. The van der Waals surface area contributed by atoms with E-state index in [9.17, 15) is 0 Å². The lowest BCUT2D eigenvalue weighted by molar-refractivity contribution is 0.00474. The summed E-state index contributed by atoms with van der Waals surface area (Å²) in [5, 5.41) is 0. The highest BCUT2D eigenvalue weighted by Gasteiger charge is 2.31. The molecule has 4 unspecified atom stereocenters. The van der Waals surface area contributed by atoms with E-state index in [0.717, 1.165) is 25.0 Å². The fraction of sp³-hybridized carbons (Fsp3) is 1.00. The van der Waals surface area contributed by atoms with Crippen molar-refractivity contribution in [3.8, 4) is 0 Å². The van der Waals surface area contributed by atoms with Gasteiger partial charge in [-0.3, -0.25) is 0 Å². The van der Waals surface area contributed by atoms with Crippen LogP contribution in [0.4, 0.5) is 0 Å².